The van der Waals surface area contributed by atoms with E-state index in [1.807, 2.05) is 13.8 Å². The summed E-state index contributed by atoms with van der Waals surface area (Å²) >= 11 is 0. The van der Waals surface area contributed by atoms with Crippen LogP contribution >= 0.6 is 0 Å². The molecule has 22 heavy (non-hydrogen) atoms. The Morgan fingerprint density at radius 2 is 1.82 bits per heavy atom. The number of pyridine rings is 1. The summed E-state index contributed by atoms with van der Waals surface area (Å²) in [6.07, 6.45) is 8.43. The van der Waals surface area contributed by atoms with Crippen molar-refractivity contribution in [2.24, 2.45) is 0 Å². The lowest BCUT2D eigenvalue weighted by Gasteiger charge is -2.16. The summed E-state index contributed by atoms with van der Waals surface area (Å²) in [5.41, 5.74) is 0.773. The highest BCUT2D eigenvalue weighted by atomic mass is 16.2. The first-order valence-electron chi connectivity index (χ1n) is 8.14. The van der Waals surface area contributed by atoms with E-state index in [4.69, 9.17) is 0 Å². The van der Waals surface area contributed by atoms with Crippen molar-refractivity contribution >= 4 is 11.8 Å². The summed E-state index contributed by atoms with van der Waals surface area (Å²) in [5, 5.41) is 5.87. The number of aromatic nitrogens is 1. The normalized spacial score (nSPS) is 16.1. The molecule has 0 atom stereocenters. The van der Waals surface area contributed by atoms with Gasteiger partial charge in [0.2, 0.25) is 0 Å². The van der Waals surface area contributed by atoms with Gasteiger partial charge in [0.25, 0.3) is 11.8 Å². The lowest BCUT2D eigenvalue weighted by atomic mass is 10.1. The SMILES string of the molecule is CC(C)NC(=O)c1cc(C(=O)NC2CCCCCC2)ccn1. The Balaban J connectivity index is 2.01. The molecule has 0 unspecified atom stereocenters. The van der Waals surface area contributed by atoms with Gasteiger partial charge in [-0.15, -0.1) is 0 Å². The molecule has 0 bridgehead atoms. The molecule has 1 aliphatic rings. The van der Waals surface area contributed by atoms with Crippen LogP contribution in [0.3, 0.4) is 0 Å². The molecule has 0 spiro atoms. The van der Waals surface area contributed by atoms with E-state index in [1.54, 1.807) is 12.1 Å². The molecule has 1 aromatic rings. The summed E-state index contributed by atoms with van der Waals surface area (Å²) in [6, 6.07) is 3.50. The average Bonchev–Trinajstić information content (AvgIpc) is 2.75. The van der Waals surface area contributed by atoms with Gasteiger partial charge >= 0.3 is 0 Å². The molecule has 1 fully saturated rings. The van der Waals surface area contributed by atoms with Crippen molar-refractivity contribution < 1.29 is 9.59 Å². The molecule has 5 heteroatoms. The van der Waals surface area contributed by atoms with Crippen LogP contribution < -0.4 is 10.6 Å². The minimum absolute atomic E-state index is 0.0396. The van der Waals surface area contributed by atoms with Gasteiger partial charge in [0, 0.05) is 23.8 Å². The van der Waals surface area contributed by atoms with Crippen molar-refractivity contribution in [3.63, 3.8) is 0 Å². The first-order valence-corrected chi connectivity index (χ1v) is 8.14. The molecular formula is C17H25N3O2. The van der Waals surface area contributed by atoms with Crippen LogP contribution in [0.4, 0.5) is 0 Å². The van der Waals surface area contributed by atoms with Crippen LogP contribution in [0.2, 0.25) is 0 Å². The van der Waals surface area contributed by atoms with Crippen molar-refractivity contribution in [2.45, 2.75) is 64.5 Å². The third kappa shape index (κ3) is 4.83. The lowest BCUT2D eigenvalue weighted by Crippen LogP contribution is -2.35. The summed E-state index contributed by atoms with van der Waals surface area (Å²) in [4.78, 5) is 28.4. The number of nitrogens with zero attached hydrogens (tertiary/aromatic N) is 1. The zero-order valence-electron chi connectivity index (χ0n) is 13.4. The zero-order chi connectivity index (χ0) is 15.9. The highest BCUT2D eigenvalue weighted by molar-refractivity contribution is 5.98. The minimum atomic E-state index is -0.251. The fourth-order valence-corrected chi connectivity index (χ4v) is 2.72. The van der Waals surface area contributed by atoms with Crippen LogP contribution in [-0.4, -0.2) is 28.9 Å². The maximum Gasteiger partial charge on any atom is 0.270 e. The third-order valence-corrected chi connectivity index (χ3v) is 3.86. The third-order valence-electron chi connectivity index (χ3n) is 3.86. The highest BCUT2D eigenvalue weighted by Gasteiger charge is 2.17. The van der Waals surface area contributed by atoms with Gasteiger partial charge in [-0.25, -0.2) is 0 Å². The quantitative estimate of drug-likeness (QED) is 0.840. The number of amides is 2. The molecule has 1 aromatic heterocycles. The molecule has 1 saturated carbocycles. The Labute approximate surface area is 131 Å². The van der Waals surface area contributed by atoms with Gasteiger partial charge in [-0.2, -0.15) is 0 Å². The molecule has 0 aliphatic heterocycles. The Morgan fingerprint density at radius 3 is 2.45 bits per heavy atom. The summed E-state index contributed by atoms with van der Waals surface area (Å²) in [5.74, 6) is -0.369. The minimum Gasteiger partial charge on any atom is -0.349 e. The molecule has 2 N–H and O–H groups in total. The maximum absolute atomic E-state index is 12.4. The highest BCUT2D eigenvalue weighted by Crippen LogP contribution is 2.17. The smallest absolute Gasteiger partial charge is 0.270 e. The van der Waals surface area contributed by atoms with E-state index in [0.29, 0.717) is 5.56 Å². The Hall–Kier alpha value is -1.91. The molecule has 5 nitrogen and oxygen atoms in total. The number of carbonyl (C=O) groups is 2. The molecular weight excluding hydrogens is 278 g/mol. The van der Waals surface area contributed by atoms with Crippen LogP contribution in [0.15, 0.2) is 18.3 Å². The molecule has 120 valence electrons. The number of carbonyl (C=O) groups excluding carboxylic acids is 2. The summed E-state index contributed by atoms with van der Waals surface area (Å²) in [6.45, 7) is 3.78. The molecule has 0 radical (unpaired) electrons. The van der Waals surface area contributed by atoms with Crippen LogP contribution in [0.25, 0.3) is 0 Å². The lowest BCUT2D eigenvalue weighted by molar-refractivity contribution is 0.0933. The van der Waals surface area contributed by atoms with Crippen LogP contribution in [0, 0.1) is 0 Å². The fourth-order valence-electron chi connectivity index (χ4n) is 2.72. The van der Waals surface area contributed by atoms with Gasteiger partial charge < -0.3 is 10.6 Å². The van der Waals surface area contributed by atoms with Gasteiger partial charge in [-0.05, 0) is 38.8 Å². The molecule has 2 rings (SSSR count). The predicted molar refractivity (Wildman–Crippen MR) is 85.8 cm³/mol. The number of hydrogen-bond donors (Lipinski definition) is 2. The summed E-state index contributed by atoms with van der Waals surface area (Å²) in [7, 11) is 0. The van der Waals surface area contributed by atoms with E-state index in [0.717, 1.165) is 12.8 Å². The second-order valence-corrected chi connectivity index (χ2v) is 6.22. The van der Waals surface area contributed by atoms with Gasteiger partial charge in [0.05, 0.1) is 0 Å². The Morgan fingerprint density at radius 1 is 1.14 bits per heavy atom. The van der Waals surface area contributed by atoms with Crippen LogP contribution in [0.1, 0.15) is 73.2 Å². The van der Waals surface area contributed by atoms with E-state index in [-0.39, 0.29) is 29.6 Å². The monoisotopic (exact) mass is 303 g/mol. The second kappa shape index (κ2) is 7.92. The molecule has 1 heterocycles. The van der Waals surface area contributed by atoms with E-state index in [1.165, 1.54) is 31.9 Å². The fraction of sp³-hybridized carbons (Fsp3) is 0.588. The Kier molecular flexibility index (Phi) is 5.92. The Bertz CT molecular complexity index is 520. The average molecular weight is 303 g/mol. The van der Waals surface area contributed by atoms with Gasteiger partial charge in [0.1, 0.15) is 5.69 Å². The van der Waals surface area contributed by atoms with E-state index >= 15 is 0 Å². The van der Waals surface area contributed by atoms with Crippen molar-refractivity contribution in [1.82, 2.24) is 15.6 Å². The van der Waals surface area contributed by atoms with Gasteiger partial charge in [-0.3, -0.25) is 14.6 Å². The van der Waals surface area contributed by atoms with Crippen LogP contribution in [0.5, 0.6) is 0 Å². The predicted octanol–water partition coefficient (Wildman–Crippen LogP) is 2.67. The molecule has 1 aliphatic carbocycles. The van der Waals surface area contributed by atoms with Gasteiger partial charge in [-0.1, -0.05) is 25.7 Å². The number of rotatable bonds is 4. The van der Waals surface area contributed by atoms with Crippen molar-refractivity contribution in [3.8, 4) is 0 Å². The zero-order valence-corrected chi connectivity index (χ0v) is 13.4. The molecule has 0 saturated heterocycles. The van der Waals surface area contributed by atoms with Crippen LogP contribution in [-0.2, 0) is 0 Å². The largest absolute Gasteiger partial charge is 0.349 e. The van der Waals surface area contributed by atoms with Crippen molar-refractivity contribution in [1.29, 1.82) is 0 Å². The number of hydrogen-bond acceptors (Lipinski definition) is 3. The van der Waals surface area contributed by atoms with Crippen molar-refractivity contribution in [3.05, 3.63) is 29.6 Å². The van der Waals surface area contributed by atoms with E-state index in [2.05, 4.69) is 15.6 Å². The summed E-state index contributed by atoms with van der Waals surface area (Å²) < 4.78 is 0. The number of nitrogens with one attached hydrogen (secondary N) is 2. The van der Waals surface area contributed by atoms with Crippen molar-refractivity contribution in [2.75, 3.05) is 0 Å². The standard InChI is InChI=1S/C17H25N3O2/c1-12(2)19-17(22)15-11-13(9-10-18-15)16(21)20-14-7-5-3-4-6-8-14/h9-12,14H,3-8H2,1-2H3,(H,19,22)(H,20,21). The molecule has 0 aromatic carbocycles. The second-order valence-electron chi connectivity index (χ2n) is 6.22. The topological polar surface area (TPSA) is 71.1 Å². The van der Waals surface area contributed by atoms with Gasteiger partial charge in [0.15, 0.2) is 0 Å². The first-order chi connectivity index (χ1) is 10.6. The molecule has 2 amide bonds. The maximum atomic E-state index is 12.4. The van der Waals surface area contributed by atoms with E-state index < -0.39 is 0 Å². The first kappa shape index (κ1) is 16.5. The van der Waals surface area contributed by atoms with E-state index in [9.17, 15) is 9.59 Å².